The molecule has 21 heavy (non-hydrogen) atoms. The van der Waals surface area contributed by atoms with E-state index in [0.29, 0.717) is 5.02 Å². The van der Waals surface area contributed by atoms with Gasteiger partial charge in [-0.05, 0) is 30.5 Å². The summed E-state index contributed by atoms with van der Waals surface area (Å²) in [6.07, 6.45) is 6.73. The molecule has 6 heteroatoms. The number of amides is 2. The molecular formula is C15H18ClN3O2. The van der Waals surface area contributed by atoms with Gasteiger partial charge >= 0.3 is 11.8 Å². The molecular weight excluding hydrogens is 290 g/mol. The molecule has 0 bridgehead atoms. The molecule has 0 aromatic heterocycles. The molecule has 5 nitrogen and oxygen atoms in total. The van der Waals surface area contributed by atoms with Gasteiger partial charge in [0.15, 0.2) is 0 Å². The predicted molar refractivity (Wildman–Crippen MR) is 82.2 cm³/mol. The van der Waals surface area contributed by atoms with Gasteiger partial charge in [0, 0.05) is 11.1 Å². The second kappa shape index (κ2) is 7.78. The number of benzene rings is 1. The smallest absolute Gasteiger partial charge is 0.329 e. The highest BCUT2D eigenvalue weighted by atomic mass is 35.5. The predicted octanol–water partition coefficient (Wildman–Crippen LogP) is 2.24. The van der Waals surface area contributed by atoms with Crippen LogP contribution >= 0.6 is 11.6 Å². The number of carbonyl (C=O) groups is 2. The topological polar surface area (TPSA) is 70.6 Å². The molecule has 0 heterocycles. The lowest BCUT2D eigenvalue weighted by Gasteiger charge is -2.22. The summed E-state index contributed by atoms with van der Waals surface area (Å²) in [4.78, 5) is 23.3. The van der Waals surface area contributed by atoms with E-state index in [1.807, 2.05) is 0 Å². The van der Waals surface area contributed by atoms with Gasteiger partial charge in [-0.15, -0.1) is 0 Å². The number of halogens is 1. The second-order valence-corrected chi connectivity index (χ2v) is 5.50. The fourth-order valence-corrected chi connectivity index (χ4v) is 2.39. The van der Waals surface area contributed by atoms with Gasteiger partial charge in [-0.3, -0.25) is 9.59 Å². The van der Waals surface area contributed by atoms with Crippen LogP contribution in [0.15, 0.2) is 29.4 Å². The normalized spacial score (nSPS) is 15.9. The third kappa shape index (κ3) is 5.19. The molecule has 1 fully saturated rings. The lowest BCUT2D eigenvalue weighted by molar-refractivity contribution is -0.139. The molecule has 0 unspecified atom stereocenters. The Morgan fingerprint density at radius 3 is 2.43 bits per heavy atom. The molecule has 0 atom stereocenters. The van der Waals surface area contributed by atoms with Gasteiger partial charge in [0.25, 0.3) is 0 Å². The lowest BCUT2D eigenvalue weighted by Crippen LogP contribution is -2.44. The van der Waals surface area contributed by atoms with E-state index in [4.69, 9.17) is 11.6 Å². The number of hydrogen-bond acceptors (Lipinski definition) is 3. The quantitative estimate of drug-likeness (QED) is 0.511. The zero-order valence-electron chi connectivity index (χ0n) is 11.6. The second-order valence-electron chi connectivity index (χ2n) is 5.06. The van der Waals surface area contributed by atoms with Gasteiger partial charge in [0.2, 0.25) is 0 Å². The SMILES string of the molecule is O=C(NN=Cc1ccc(Cl)cc1)C(=O)NC1CCCCC1. The van der Waals surface area contributed by atoms with Gasteiger partial charge in [-0.25, -0.2) is 5.43 Å². The van der Waals surface area contributed by atoms with E-state index in [1.54, 1.807) is 24.3 Å². The van der Waals surface area contributed by atoms with Crippen LogP contribution in [0, 0.1) is 0 Å². The van der Waals surface area contributed by atoms with E-state index in [0.717, 1.165) is 31.2 Å². The van der Waals surface area contributed by atoms with Crippen LogP contribution in [0.1, 0.15) is 37.7 Å². The van der Waals surface area contributed by atoms with Gasteiger partial charge in [-0.1, -0.05) is 43.0 Å². The molecule has 1 saturated carbocycles. The number of carbonyl (C=O) groups excluding carboxylic acids is 2. The van der Waals surface area contributed by atoms with Crippen molar-refractivity contribution in [2.24, 2.45) is 5.10 Å². The first-order valence-electron chi connectivity index (χ1n) is 7.04. The Hall–Kier alpha value is -1.88. The highest BCUT2D eigenvalue weighted by Crippen LogP contribution is 2.17. The standard InChI is InChI=1S/C15H18ClN3O2/c16-12-8-6-11(7-9-12)10-17-19-15(21)14(20)18-13-4-2-1-3-5-13/h6-10,13H,1-5H2,(H,18,20)(H,19,21). The third-order valence-electron chi connectivity index (χ3n) is 3.40. The molecule has 2 amide bonds. The Labute approximate surface area is 128 Å². The van der Waals surface area contributed by atoms with Crippen LogP contribution in [0.25, 0.3) is 0 Å². The fraction of sp³-hybridized carbons (Fsp3) is 0.400. The Morgan fingerprint density at radius 2 is 1.76 bits per heavy atom. The van der Waals surface area contributed by atoms with Crippen LogP contribution in [-0.2, 0) is 9.59 Å². The maximum absolute atomic E-state index is 11.7. The minimum Gasteiger partial charge on any atom is -0.345 e. The van der Waals surface area contributed by atoms with Crippen LogP contribution in [0.2, 0.25) is 5.02 Å². The largest absolute Gasteiger partial charge is 0.345 e. The minimum atomic E-state index is -0.745. The summed E-state index contributed by atoms with van der Waals surface area (Å²) in [5.41, 5.74) is 3.01. The number of nitrogens with zero attached hydrogens (tertiary/aromatic N) is 1. The highest BCUT2D eigenvalue weighted by molar-refractivity contribution is 6.35. The van der Waals surface area contributed by atoms with Crippen molar-refractivity contribution < 1.29 is 9.59 Å². The highest BCUT2D eigenvalue weighted by Gasteiger charge is 2.19. The molecule has 1 aromatic carbocycles. The van der Waals surface area contributed by atoms with E-state index >= 15 is 0 Å². The van der Waals surface area contributed by atoms with Gasteiger partial charge in [-0.2, -0.15) is 5.10 Å². The summed E-state index contributed by atoms with van der Waals surface area (Å²) < 4.78 is 0. The lowest BCUT2D eigenvalue weighted by atomic mass is 9.95. The molecule has 2 rings (SSSR count). The molecule has 0 aliphatic heterocycles. The maximum Gasteiger partial charge on any atom is 0.329 e. The van der Waals surface area contributed by atoms with Crippen LogP contribution in [0.5, 0.6) is 0 Å². The fourth-order valence-electron chi connectivity index (χ4n) is 2.26. The number of hydrogen-bond donors (Lipinski definition) is 2. The Kier molecular flexibility index (Phi) is 5.75. The van der Waals surface area contributed by atoms with Gasteiger partial charge in [0.1, 0.15) is 0 Å². The number of hydrazone groups is 1. The zero-order chi connectivity index (χ0) is 15.1. The molecule has 0 spiro atoms. The summed E-state index contributed by atoms with van der Waals surface area (Å²) in [6.45, 7) is 0. The van der Waals surface area contributed by atoms with Crippen molar-refractivity contribution in [3.63, 3.8) is 0 Å². The zero-order valence-corrected chi connectivity index (χ0v) is 12.4. The Balaban J connectivity index is 1.77. The van der Waals surface area contributed by atoms with Crippen molar-refractivity contribution in [3.8, 4) is 0 Å². The molecule has 1 aliphatic rings. The first kappa shape index (κ1) is 15.5. The molecule has 1 aromatic rings. The molecule has 1 aliphatic carbocycles. The molecule has 2 N–H and O–H groups in total. The monoisotopic (exact) mass is 307 g/mol. The third-order valence-corrected chi connectivity index (χ3v) is 3.65. The average molecular weight is 308 g/mol. The first-order valence-corrected chi connectivity index (χ1v) is 7.42. The summed E-state index contributed by atoms with van der Waals surface area (Å²) in [6, 6.07) is 7.08. The van der Waals surface area contributed by atoms with Crippen molar-refractivity contribution in [3.05, 3.63) is 34.9 Å². The van der Waals surface area contributed by atoms with Crippen LogP contribution in [0.4, 0.5) is 0 Å². The van der Waals surface area contributed by atoms with Crippen LogP contribution in [-0.4, -0.2) is 24.1 Å². The van der Waals surface area contributed by atoms with Crippen molar-refractivity contribution in [2.75, 3.05) is 0 Å². The Bertz CT molecular complexity index is 522. The molecule has 0 saturated heterocycles. The van der Waals surface area contributed by atoms with E-state index in [1.165, 1.54) is 12.6 Å². The Morgan fingerprint density at radius 1 is 1.10 bits per heavy atom. The summed E-state index contributed by atoms with van der Waals surface area (Å²) in [7, 11) is 0. The van der Waals surface area contributed by atoms with Crippen molar-refractivity contribution >= 4 is 29.6 Å². The molecule has 112 valence electrons. The molecule has 0 radical (unpaired) electrons. The van der Waals surface area contributed by atoms with E-state index in [2.05, 4.69) is 15.8 Å². The minimum absolute atomic E-state index is 0.109. The van der Waals surface area contributed by atoms with E-state index in [9.17, 15) is 9.59 Å². The van der Waals surface area contributed by atoms with Crippen molar-refractivity contribution in [1.29, 1.82) is 0 Å². The first-order chi connectivity index (χ1) is 10.1. The van der Waals surface area contributed by atoms with Gasteiger partial charge < -0.3 is 5.32 Å². The van der Waals surface area contributed by atoms with Crippen molar-refractivity contribution in [1.82, 2.24) is 10.7 Å². The summed E-state index contributed by atoms with van der Waals surface area (Å²) in [5, 5.41) is 7.12. The van der Waals surface area contributed by atoms with E-state index in [-0.39, 0.29) is 6.04 Å². The van der Waals surface area contributed by atoms with Gasteiger partial charge in [0.05, 0.1) is 6.21 Å². The van der Waals surface area contributed by atoms with Crippen molar-refractivity contribution in [2.45, 2.75) is 38.1 Å². The number of rotatable bonds is 3. The maximum atomic E-state index is 11.7. The van der Waals surface area contributed by atoms with Crippen LogP contribution in [0.3, 0.4) is 0 Å². The van der Waals surface area contributed by atoms with E-state index < -0.39 is 11.8 Å². The summed E-state index contributed by atoms with van der Waals surface area (Å²) in [5.74, 6) is -1.37. The number of nitrogens with one attached hydrogen (secondary N) is 2. The summed E-state index contributed by atoms with van der Waals surface area (Å²) >= 11 is 5.76. The average Bonchev–Trinajstić information content (AvgIpc) is 2.50. The van der Waals surface area contributed by atoms with Crippen LogP contribution < -0.4 is 10.7 Å².